The predicted molar refractivity (Wildman–Crippen MR) is 114 cm³/mol. The highest BCUT2D eigenvalue weighted by Crippen LogP contribution is 2.24. The van der Waals surface area contributed by atoms with Crippen LogP contribution in [0.15, 0.2) is 53.1 Å². The molecule has 0 saturated heterocycles. The largest absolute Gasteiger partial charge is 0.399 e. The summed E-state index contributed by atoms with van der Waals surface area (Å²) in [5.41, 5.74) is 18.7. The molecular formula is C22H35N3. The van der Waals surface area contributed by atoms with Crippen molar-refractivity contribution in [1.82, 2.24) is 0 Å². The highest BCUT2D eigenvalue weighted by atomic mass is 15.1. The summed E-state index contributed by atoms with van der Waals surface area (Å²) in [4.78, 5) is 2.13. The number of allylic oxidation sites excluding steroid dienone is 5. The van der Waals surface area contributed by atoms with E-state index in [9.17, 15) is 0 Å². The van der Waals surface area contributed by atoms with Gasteiger partial charge in [0.05, 0.1) is 11.4 Å². The molecule has 25 heavy (non-hydrogen) atoms. The molecule has 0 bridgehead atoms. The van der Waals surface area contributed by atoms with Crippen LogP contribution in [0, 0.1) is 0 Å². The van der Waals surface area contributed by atoms with Gasteiger partial charge in [-0.1, -0.05) is 34.9 Å². The van der Waals surface area contributed by atoms with Crippen LogP contribution in [-0.4, -0.2) is 13.6 Å². The summed E-state index contributed by atoms with van der Waals surface area (Å²) in [6, 6.07) is 5.62. The van der Waals surface area contributed by atoms with Crippen molar-refractivity contribution < 1.29 is 0 Å². The molecule has 0 aliphatic rings. The monoisotopic (exact) mass is 341 g/mol. The minimum atomic E-state index is 0.741. The van der Waals surface area contributed by atoms with Crippen LogP contribution in [0.25, 0.3) is 0 Å². The fourth-order valence-electron chi connectivity index (χ4n) is 2.62. The summed E-state index contributed by atoms with van der Waals surface area (Å²) in [6.07, 6.45) is 11.5. The molecular weight excluding hydrogens is 306 g/mol. The lowest BCUT2D eigenvalue weighted by molar-refractivity contribution is 0.910. The maximum Gasteiger partial charge on any atom is 0.0620 e. The third kappa shape index (κ3) is 8.48. The number of anilines is 3. The molecule has 0 heterocycles. The van der Waals surface area contributed by atoms with Crippen LogP contribution in [0.4, 0.5) is 17.1 Å². The molecule has 138 valence electrons. The Balaban J connectivity index is 2.45. The van der Waals surface area contributed by atoms with Crippen molar-refractivity contribution in [1.29, 1.82) is 0 Å². The van der Waals surface area contributed by atoms with Crippen LogP contribution in [-0.2, 0) is 0 Å². The molecule has 0 atom stereocenters. The summed E-state index contributed by atoms with van der Waals surface area (Å²) in [6.45, 7) is 9.57. The van der Waals surface area contributed by atoms with Gasteiger partial charge >= 0.3 is 0 Å². The predicted octanol–water partition coefficient (Wildman–Crippen LogP) is 5.71. The van der Waals surface area contributed by atoms with Crippen LogP contribution >= 0.6 is 0 Å². The first kappa shape index (κ1) is 20.9. The van der Waals surface area contributed by atoms with Crippen molar-refractivity contribution in [2.75, 3.05) is 30.0 Å². The number of nitrogens with two attached hydrogens (primary N) is 2. The van der Waals surface area contributed by atoms with Crippen molar-refractivity contribution in [2.45, 2.75) is 53.4 Å². The Morgan fingerprint density at radius 1 is 0.920 bits per heavy atom. The van der Waals surface area contributed by atoms with Crippen LogP contribution in [0.5, 0.6) is 0 Å². The van der Waals surface area contributed by atoms with Crippen molar-refractivity contribution in [3.05, 3.63) is 53.1 Å². The van der Waals surface area contributed by atoms with E-state index in [2.05, 4.69) is 50.8 Å². The number of nitrogens with zero attached hydrogens (tertiary/aromatic N) is 1. The van der Waals surface area contributed by atoms with Crippen molar-refractivity contribution in [2.24, 2.45) is 0 Å². The van der Waals surface area contributed by atoms with Crippen LogP contribution < -0.4 is 16.4 Å². The van der Waals surface area contributed by atoms with Gasteiger partial charge in [0.15, 0.2) is 0 Å². The zero-order chi connectivity index (χ0) is 18.8. The molecule has 0 unspecified atom stereocenters. The van der Waals surface area contributed by atoms with E-state index >= 15 is 0 Å². The van der Waals surface area contributed by atoms with Gasteiger partial charge in [-0.3, -0.25) is 0 Å². The maximum absolute atomic E-state index is 6.04. The quantitative estimate of drug-likeness (QED) is 0.447. The second-order valence-corrected chi connectivity index (χ2v) is 7.16. The molecule has 0 spiro atoms. The van der Waals surface area contributed by atoms with Gasteiger partial charge in [-0.15, -0.1) is 0 Å². The Kier molecular flexibility index (Phi) is 8.90. The standard InChI is InChI=1S/C22H35N3/c1-17(2)8-6-9-18(3)10-7-11-19(4)14-15-25(5)22-16-20(23)12-13-21(22)24/h8,10,12-14,16H,6-7,9,11,15,23-24H2,1-5H3. The van der Waals surface area contributed by atoms with Crippen LogP contribution in [0.1, 0.15) is 53.4 Å². The first-order valence-corrected chi connectivity index (χ1v) is 9.10. The maximum atomic E-state index is 6.04. The zero-order valence-electron chi connectivity index (χ0n) is 16.6. The van der Waals surface area contributed by atoms with E-state index in [-0.39, 0.29) is 0 Å². The molecule has 4 N–H and O–H groups in total. The van der Waals surface area contributed by atoms with Gasteiger partial charge < -0.3 is 16.4 Å². The van der Waals surface area contributed by atoms with Crippen molar-refractivity contribution >= 4 is 17.1 Å². The highest BCUT2D eigenvalue weighted by molar-refractivity contribution is 5.72. The van der Waals surface area contributed by atoms with E-state index in [0.717, 1.165) is 49.3 Å². The minimum Gasteiger partial charge on any atom is -0.399 e. The third-order valence-electron chi connectivity index (χ3n) is 4.30. The molecule has 1 aromatic carbocycles. The van der Waals surface area contributed by atoms with Gasteiger partial charge in [-0.2, -0.15) is 0 Å². The molecule has 0 aromatic heterocycles. The van der Waals surface area contributed by atoms with Crippen LogP contribution in [0.2, 0.25) is 0 Å². The number of hydrogen-bond acceptors (Lipinski definition) is 3. The fourth-order valence-corrected chi connectivity index (χ4v) is 2.62. The lowest BCUT2D eigenvalue weighted by atomic mass is 10.1. The van der Waals surface area contributed by atoms with Gasteiger partial charge in [0, 0.05) is 19.3 Å². The van der Waals surface area contributed by atoms with E-state index in [1.54, 1.807) is 0 Å². The molecule has 0 aliphatic carbocycles. The van der Waals surface area contributed by atoms with Gasteiger partial charge in [0.2, 0.25) is 0 Å². The second-order valence-electron chi connectivity index (χ2n) is 7.16. The topological polar surface area (TPSA) is 55.3 Å². The number of rotatable bonds is 9. The Morgan fingerprint density at radius 3 is 2.16 bits per heavy atom. The van der Waals surface area contributed by atoms with E-state index in [4.69, 9.17) is 11.5 Å². The molecule has 3 nitrogen and oxygen atoms in total. The molecule has 0 fully saturated rings. The minimum absolute atomic E-state index is 0.741. The summed E-state index contributed by atoms with van der Waals surface area (Å²) >= 11 is 0. The second kappa shape index (κ2) is 10.7. The van der Waals surface area contributed by atoms with E-state index < -0.39 is 0 Å². The smallest absolute Gasteiger partial charge is 0.0620 e. The van der Waals surface area contributed by atoms with E-state index in [1.807, 2.05) is 25.2 Å². The zero-order valence-corrected chi connectivity index (χ0v) is 16.6. The average molecular weight is 342 g/mol. The molecule has 3 heteroatoms. The average Bonchev–Trinajstić information content (AvgIpc) is 2.54. The summed E-state index contributed by atoms with van der Waals surface area (Å²) in [5, 5.41) is 0. The molecule has 0 aliphatic heterocycles. The first-order valence-electron chi connectivity index (χ1n) is 9.10. The summed E-state index contributed by atoms with van der Waals surface area (Å²) in [5.74, 6) is 0. The molecule has 1 rings (SSSR count). The van der Waals surface area contributed by atoms with Gasteiger partial charge in [0.25, 0.3) is 0 Å². The number of likely N-dealkylation sites (N-methyl/N-ethyl adjacent to an activating group) is 1. The van der Waals surface area contributed by atoms with Crippen molar-refractivity contribution in [3.63, 3.8) is 0 Å². The Hall–Kier alpha value is -2.16. The molecule has 0 radical (unpaired) electrons. The van der Waals surface area contributed by atoms with Crippen molar-refractivity contribution in [3.8, 4) is 0 Å². The number of benzene rings is 1. The normalized spacial score (nSPS) is 12.2. The SMILES string of the molecule is CC(C)=CCCC(C)=CCCC(C)=CCN(C)c1cc(N)ccc1N. The summed E-state index contributed by atoms with van der Waals surface area (Å²) in [7, 11) is 2.04. The first-order chi connectivity index (χ1) is 11.8. The van der Waals surface area contributed by atoms with Gasteiger partial charge in [0.1, 0.15) is 0 Å². The van der Waals surface area contributed by atoms with E-state index in [0.29, 0.717) is 0 Å². The molecule has 0 amide bonds. The number of hydrogen-bond donors (Lipinski definition) is 2. The Labute approximate surface area is 154 Å². The Bertz CT molecular complexity index is 635. The number of nitrogen functional groups attached to an aromatic ring is 2. The van der Waals surface area contributed by atoms with Crippen LogP contribution in [0.3, 0.4) is 0 Å². The lowest BCUT2D eigenvalue weighted by Crippen LogP contribution is -2.18. The van der Waals surface area contributed by atoms with Gasteiger partial charge in [-0.25, -0.2) is 0 Å². The highest BCUT2D eigenvalue weighted by Gasteiger charge is 2.04. The fraction of sp³-hybridized carbons (Fsp3) is 0.455. The van der Waals surface area contributed by atoms with E-state index in [1.165, 1.54) is 16.7 Å². The third-order valence-corrected chi connectivity index (χ3v) is 4.30. The summed E-state index contributed by atoms with van der Waals surface area (Å²) < 4.78 is 0. The Morgan fingerprint density at radius 2 is 1.52 bits per heavy atom. The van der Waals surface area contributed by atoms with Gasteiger partial charge in [-0.05, 0) is 71.6 Å². The molecule has 0 saturated carbocycles. The molecule has 1 aromatic rings. The lowest BCUT2D eigenvalue weighted by Gasteiger charge is -2.20.